The molecule has 2 rings (SSSR count). The van der Waals surface area contributed by atoms with Crippen molar-refractivity contribution in [2.24, 2.45) is 0 Å². The third-order valence-corrected chi connectivity index (χ3v) is 2.16. The minimum atomic E-state index is -4.59. The topological polar surface area (TPSA) is 45.8 Å². The molecule has 0 aliphatic heterocycles. The van der Waals surface area contributed by atoms with E-state index < -0.39 is 17.6 Å². The van der Waals surface area contributed by atoms with Crippen molar-refractivity contribution in [1.29, 1.82) is 0 Å². The summed E-state index contributed by atoms with van der Waals surface area (Å²) in [5.41, 5.74) is -1.33. The zero-order valence-corrected chi connectivity index (χ0v) is 8.22. The van der Waals surface area contributed by atoms with Gasteiger partial charge in [0.2, 0.25) is 0 Å². The van der Waals surface area contributed by atoms with Crippen LogP contribution in [-0.4, -0.2) is 9.97 Å². The zero-order chi connectivity index (χ0) is 11.9. The van der Waals surface area contributed by atoms with Crippen LogP contribution in [0, 0.1) is 6.92 Å². The number of aryl methyl sites for hydroxylation is 1. The van der Waals surface area contributed by atoms with Gasteiger partial charge in [-0.15, -0.1) is 0 Å². The second-order valence-corrected chi connectivity index (χ2v) is 3.44. The Hall–Kier alpha value is -1.85. The predicted molar refractivity (Wildman–Crippen MR) is 52.1 cm³/mol. The molecule has 0 atom stereocenters. The van der Waals surface area contributed by atoms with Gasteiger partial charge in [0.25, 0.3) is 0 Å². The van der Waals surface area contributed by atoms with Crippen LogP contribution < -0.4 is 5.69 Å². The third-order valence-electron chi connectivity index (χ3n) is 2.16. The van der Waals surface area contributed by atoms with E-state index in [1.54, 1.807) is 18.0 Å². The van der Waals surface area contributed by atoms with Gasteiger partial charge in [-0.1, -0.05) is 11.6 Å². The molecule has 3 nitrogen and oxygen atoms in total. The summed E-state index contributed by atoms with van der Waals surface area (Å²) in [6, 6.07) is 4.35. The number of H-pyrrole nitrogens is 1. The van der Waals surface area contributed by atoms with Crippen LogP contribution in [0.3, 0.4) is 0 Å². The highest BCUT2D eigenvalue weighted by atomic mass is 19.4. The maximum absolute atomic E-state index is 12.6. The lowest BCUT2D eigenvalue weighted by Crippen LogP contribution is -2.19. The maximum atomic E-state index is 12.6. The molecule has 16 heavy (non-hydrogen) atoms. The summed E-state index contributed by atoms with van der Waals surface area (Å²) in [4.78, 5) is 16.2. The number of halogens is 3. The van der Waals surface area contributed by atoms with Gasteiger partial charge in [0.05, 0.1) is 5.52 Å². The highest BCUT2D eigenvalue weighted by Crippen LogP contribution is 2.31. The normalized spacial score (nSPS) is 12.0. The molecule has 0 aliphatic rings. The first kappa shape index (κ1) is 10.7. The van der Waals surface area contributed by atoms with Crippen LogP contribution in [0.15, 0.2) is 23.0 Å². The van der Waals surface area contributed by atoms with Gasteiger partial charge in [-0.2, -0.15) is 18.2 Å². The number of benzene rings is 1. The standard InChI is InChI=1S/C10H7F3N2O/c1-5-2-3-7-6(4-5)8(10(11,12)13)15-9(16)14-7/h2-4H,1H3,(H,14,15,16). The quantitative estimate of drug-likeness (QED) is 0.751. The molecule has 0 bridgehead atoms. The van der Waals surface area contributed by atoms with Gasteiger partial charge in [0.1, 0.15) is 5.69 Å². The predicted octanol–water partition coefficient (Wildman–Crippen LogP) is 2.25. The average Bonchev–Trinajstić information content (AvgIpc) is 2.16. The second-order valence-electron chi connectivity index (χ2n) is 3.44. The van der Waals surface area contributed by atoms with E-state index in [-0.39, 0.29) is 10.9 Å². The number of fused-ring (bicyclic) bond motifs is 1. The van der Waals surface area contributed by atoms with Gasteiger partial charge in [0, 0.05) is 5.39 Å². The van der Waals surface area contributed by atoms with Crippen molar-refractivity contribution >= 4 is 10.9 Å². The van der Waals surface area contributed by atoms with Crippen molar-refractivity contribution in [3.05, 3.63) is 39.9 Å². The number of nitrogens with one attached hydrogen (secondary N) is 1. The molecular weight excluding hydrogens is 221 g/mol. The van der Waals surface area contributed by atoms with E-state index in [9.17, 15) is 18.0 Å². The van der Waals surface area contributed by atoms with E-state index in [4.69, 9.17) is 0 Å². The van der Waals surface area contributed by atoms with Crippen LogP contribution in [-0.2, 0) is 6.18 Å². The van der Waals surface area contributed by atoms with E-state index >= 15 is 0 Å². The Morgan fingerprint density at radius 1 is 1.31 bits per heavy atom. The molecule has 0 fully saturated rings. The lowest BCUT2D eigenvalue weighted by molar-refractivity contribution is -0.140. The van der Waals surface area contributed by atoms with Gasteiger partial charge in [0.15, 0.2) is 0 Å². The Morgan fingerprint density at radius 2 is 2.00 bits per heavy atom. The SMILES string of the molecule is Cc1ccc2nc(=O)[nH]c(C(F)(F)F)c2c1. The molecule has 0 amide bonds. The van der Waals surface area contributed by atoms with E-state index in [2.05, 4.69) is 4.98 Å². The molecule has 0 spiro atoms. The Labute approximate surface area is 87.9 Å². The van der Waals surface area contributed by atoms with Gasteiger partial charge in [-0.3, -0.25) is 0 Å². The van der Waals surface area contributed by atoms with Crippen LogP contribution in [0.25, 0.3) is 10.9 Å². The van der Waals surface area contributed by atoms with Crippen LogP contribution in [0.4, 0.5) is 13.2 Å². The van der Waals surface area contributed by atoms with Gasteiger partial charge >= 0.3 is 11.9 Å². The molecule has 0 aliphatic carbocycles. The number of nitrogens with zero attached hydrogens (tertiary/aromatic N) is 1. The highest BCUT2D eigenvalue weighted by Gasteiger charge is 2.34. The Morgan fingerprint density at radius 3 is 2.62 bits per heavy atom. The summed E-state index contributed by atoms with van der Waals surface area (Å²) in [6.07, 6.45) is -4.59. The first-order chi connectivity index (χ1) is 7.38. The van der Waals surface area contributed by atoms with E-state index in [0.29, 0.717) is 5.56 Å². The summed E-state index contributed by atoms with van der Waals surface area (Å²) >= 11 is 0. The molecule has 0 saturated heterocycles. The second kappa shape index (κ2) is 3.33. The number of hydrogen-bond acceptors (Lipinski definition) is 2. The fourth-order valence-corrected chi connectivity index (χ4v) is 1.48. The van der Waals surface area contributed by atoms with Crippen LogP contribution in [0.1, 0.15) is 11.3 Å². The molecule has 6 heteroatoms. The number of aromatic amines is 1. The molecule has 2 aromatic rings. The molecule has 1 aromatic carbocycles. The summed E-state index contributed by atoms with van der Waals surface area (Å²) in [5.74, 6) is 0. The molecule has 0 radical (unpaired) electrons. The van der Waals surface area contributed by atoms with Crippen molar-refractivity contribution in [2.45, 2.75) is 13.1 Å². The third kappa shape index (κ3) is 1.78. The smallest absolute Gasteiger partial charge is 0.301 e. The summed E-state index contributed by atoms with van der Waals surface area (Å²) in [6.45, 7) is 1.67. The van der Waals surface area contributed by atoms with Gasteiger partial charge < -0.3 is 4.98 Å². The van der Waals surface area contributed by atoms with Crippen molar-refractivity contribution in [3.8, 4) is 0 Å². The largest absolute Gasteiger partial charge is 0.432 e. The number of hydrogen-bond donors (Lipinski definition) is 1. The average molecular weight is 228 g/mol. The number of alkyl halides is 3. The summed E-state index contributed by atoms with van der Waals surface area (Å²) in [5, 5.41) is -0.0906. The number of aromatic nitrogens is 2. The molecule has 1 N–H and O–H groups in total. The van der Waals surface area contributed by atoms with Crippen molar-refractivity contribution in [1.82, 2.24) is 9.97 Å². The maximum Gasteiger partial charge on any atom is 0.432 e. The summed E-state index contributed by atoms with van der Waals surface area (Å²) < 4.78 is 37.9. The minimum absolute atomic E-state index is 0.0432. The van der Waals surface area contributed by atoms with Crippen molar-refractivity contribution in [3.63, 3.8) is 0 Å². The molecular formula is C10H7F3N2O. The monoisotopic (exact) mass is 228 g/mol. The van der Waals surface area contributed by atoms with Crippen LogP contribution in [0.2, 0.25) is 0 Å². The van der Waals surface area contributed by atoms with Gasteiger partial charge in [-0.25, -0.2) is 4.79 Å². The Bertz CT molecular complexity index is 601. The Kier molecular flexibility index (Phi) is 2.22. The first-order valence-electron chi connectivity index (χ1n) is 4.46. The molecule has 0 saturated carbocycles. The molecule has 1 heterocycles. The lowest BCUT2D eigenvalue weighted by Gasteiger charge is -2.09. The van der Waals surface area contributed by atoms with Crippen LogP contribution in [0.5, 0.6) is 0 Å². The first-order valence-corrected chi connectivity index (χ1v) is 4.46. The fraction of sp³-hybridized carbons (Fsp3) is 0.200. The lowest BCUT2D eigenvalue weighted by atomic mass is 10.1. The molecule has 1 aromatic heterocycles. The molecule has 0 unspecified atom stereocenters. The van der Waals surface area contributed by atoms with Crippen molar-refractivity contribution in [2.75, 3.05) is 0 Å². The van der Waals surface area contributed by atoms with E-state index in [1.807, 2.05) is 0 Å². The van der Waals surface area contributed by atoms with Crippen LogP contribution >= 0.6 is 0 Å². The van der Waals surface area contributed by atoms with E-state index in [1.165, 1.54) is 12.1 Å². The van der Waals surface area contributed by atoms with Crippen molar-refractivity contribution < 1.29 is 13.2 Å². The highest BCUT2D eigenvalue weighted by molar-refractivity contribution is 5.81. The Balaban J connectivity index is 2.91. The summed E-state index contributed by atoms with van der Waals surface area (Å²) in [7, 11) is 0. The number of rotatable bonds is 0. The fourth-order valence-electron chi connectivity index (χ4n) is 1.48. The zero-order valence-electron chi connectivity index (χ0n) is 8.22. The van der Waals surface area contributed by atoms with Gasteiger partial charge in [-0.05, 0) is 19.1 Å². The van der Waals surface area contributed by atoms with E-state index in [0.717, 1.165) is 0 Å². The molecule has 84 valence electrons. The minimum Gasteiger partial charge on any atom is -0.301 e.